The van der Waals surface area contributed by atoms with E-state index in [4.69, 9.17) is 0 Å². The summed E-state index contributed by atoms with van der Waals surface area (Å²) in [5.41, 5.74) is 3.15. The summed E-state index contributed by atoms with van der Waals surface area (Å²) in [5.74, 6) is 0.967. The minimum absolute atomic E-state index is 0.151. The second kappa shape index (κ2) is 9.13. The SMILES string of the molecule is CC(C)(c1ccc(O)cc1)c1ccc(O)cc1.CCCc1ccccc1O. The largest absolute Gasteiger partial charge is 0.508 e. The molecule has 142 valence electrons. The molecule has 0 aromatic heterocycles. The van der Waals surface area contributed by atoms with Gasteiger partial charge in [0.15, 0.2) is 0 Å². The fourth-order valence-electron chi connectivity index (χ4n) is 2.91. The Labute approximate surface area is 161 Å². The Morgan fingerprint density at radius 3 is 1.52 bits per heavy atom. The lowest BCUT2D eigenvalue weighted by Gasteiger charge is -2.26. The van der Waals surface area contributed by atoms with Gasteiger partial charge in [0.2, 0.25) is 0 Å². The van der Waals surface area contributed by atoms with E-state index in [1.165, 1.54) is 0 Å². The lowest BCUT2D eigenvalue weighted by Crippen LogP contribution is -2.18. The molecule has 3 heteroatoms. The van der Waals surface area contributed by atoms with Gasteiger partial charge < -0.3 is 15.3 Å². The first-order chi connectivity index (χ1) is 12.8. The first kappa shape index (κ1) is 20.4. The second-order valence-electron chi connectivity index (χ2n) is 7.10. The van der Waals surface area contributed by atoms with Gasteiger partial charge in [0.1, 0.15) is 17.2 Å². The Morgan fingerprint density at radius 2 is 1.11 bits per heavy atom. The first-order valence-electron chi connectivity index (χ1n) is 9.20. The smallest absolute Gasteiger partial charge is 0.118 e. The van der Waals surface area contributed by atoms with Gasteiger partial charge in [-0.25, -0.2) is 0 Å². The molecule has 3 nitrogen and oxygen atoms in total. The Hall–Kier alpha value is -2.94. The van der Waals surface area contributed by atoms with Crippen LogP contribution in [0.1, 0.15) is 43.9 Å². The molecule has 0 radical (unpaired) electrons. The zero-order valence-corrected chi connectivity index (χ0v) is 16.2. The minimum atomic E-state index is -0.151. The highest BCUT2D eigenvalue weighted by Crippen LogP contribution is 2.32. The Kier molecular flexibility index (Phi) is 6.89. The van der Waals surface area contributed by atoms with Crippen LogP contribution in [0.15, 0.2) is 72.8 Å². The van der Waals surface area contributed by atoms with Gasteiger partial charge in [-0.05, 0) is 53.4 Å². The number of para-hydroxylation sites is 1. The third-order valence-corrected chi connectivity index (χ3v) is 4.69. The van der Waals surface area contributed by atoms with Crippen LogP contribution < -0.4 is 0 Å². The van der Waals surface area contributed by atoms with Gasteiger partial charge in [0.25, 0.3) is 0 Å². The van der Waals surface area contributed by atoms with Crippen molar-refractivity contribution in [1.29, 1.82) is 0 Å². The normalized spacial score (nSPS) is 10.8. The molecule has 0 bridgehead atoms. The summed E-state index contributed by atoms with van der Waals surface area (Å²) in [4.78, 5) is 0. The number of rotatable bonds is 4. The van der Waals surface area contributed by atoms with E-state index >= 15 is 0 Å². The Bertz CT molecular complexity index is 787. The number of hydrogen-bond donors (Lipinski definition) is 3. The number of hydrogen-bond acceptors (Lipinski definition) is 3. The van der Waals surface area contributed by atoms with Crippen LogP contribution in [0.5, 0.6) is 17.2 Å². The van der Waals surface area contributed by atoms with Gasteiger partial charge in [0, 0.05) is 5.41 Å². The summed E-state index contributed by atoms with van der Waals surface area (Å²) in [7, 11) is 0. The average Bonchev–Trinajstić information content (AvgIpc) is 2.65. The summed E-state index contributed by atoms with van der Waals surface area (Å²) >= 11 is 0. The number of aromatic hydroxyl groups is 3. The molecule has 0 saturated heterocycles. The summed E-state index contributed by atoms with van der Waals surface area (Å²) in [5, 5.41) is 27.8. The van der Waals surface area contributed by atoms with E-state index in [1.807, 2.05) is 42.5 Å². The Balaban J connectivity index is 0.000000223. The van der Waals surface area contributed by atoms with Crippen molar-refractivity contribution in [2.24, 2.45) is 0 Å². The van der Waals surface area contributed by atoms with E-state index in [2.05, 4.69) is 20.8 Å². The van der Waals surface area contributed by atoms with E-state index in [1.54, 1.807) is 30.3 Å². The van der Waals surface area contributed by atoms with Crippen LogP contribution in [-0.4, -0.2) is 15.3 Å². The molecule has 3 rings (SSSR count). The van der Waals surface area contributed by atoms with Gasteiger partial charge in [0.05, 0.1) is 0 Å². The molecule has 3 aromatic carbocycles. The van der Waals surface area contributed by atoms with Crippen LogP contribution >= 0.6 is 0 Å². The molecule has 0 spiro atoms. The van der Waals surface area contributed by atoms with E-state index in [0.717, 1.165) is 29.5 Å². The topological polar surface area (TPSA) is 60.7 Å². The number of benzene rings is 3. The molecule has 0 atom stereocenters. The number of aryl methyl sites for hydroxylation is 1. The molecule has 0 unspecified atom stereocenters. The van der Waals surface area contributed by atoms with Gasteiger partial charge in [-0.1, -0.05) is 69.7 Å². The van der Waals surface area contributed by atoms with E-state index in [-0.39, 0.29) is 16.9 Å². The highest BCUT2D eigenvalue weighted by molar-refractivity contribution is 5.41. The molecular formula is C24H28O3. The molecular weight excluding hydrogens is 336 g/mol. The van der Waals surface area contributed by atoms with Crippen LogP contribution in [0.25, 0.3) is 0 Å². The minimum Gasteiger partial charge on any atom is -0.508 e. The fraction of sp³-hybridized carbons (Fsp3) is 0.250. The summed E-state index contributed by atoms with van der Waals surface area (Å²) in [6.07, 6.45) is 2.05. The van der Waals surface area contributed by atoms with Gasteiger partial charge in [-0.15, -0.1) is 0 Å². The predicted molar refractivity (Wildman–Crippen MR) is 110 cm³/mol. The van der Waals surface area contributed by atoms with Crippen molar-refractivity contribution in [2.75, 3.05) is 0 Å². The molecule has 0 amide bonds. The molecule has 0 fully saturated rings. The quantitative estimate of drug-likeness (QED) is 0.551. The lowest BCUT2D eigenvalue weighted by molar-refractivity contribution is 0.467. The maximum atomic E-state index is 9.30. The van der Waals surface area contributed by atoms with E-state index in [0.29, 0.717) is 5.75 Å². The van der Waals surface area contributed by atoms with Crippen LogP contribution in [0.4, 0.5) is 0 Å². The van der Waals surface area contributed by atoms with Crippen molar-refractivity contribution in [3.8, 4) is 17.2 Å². The second-order valence-corrected chi connectivity index (χ2v) is 7.10. The molecule has 3 N–H and O–H groups in total. The number of phenolic OH excluding ortho intramolecular Hbond substituents is 3. The monoisotopic (exact) mass is 364 g/mol. The maximum absolute atomic E-state index is 9.30. The van der Waals surface area contributed by atoms with Crippen molar-refractivity contribution in [3.05, 3.63) is 89.5 Å². The van der Waals surface area contributed by atoms with Gasteiger partial charge >= 0.3 is 0 Å². The average molecular weight is 364 g/mol. The standard InChI is InChI=1S/C15H16O2.C9H12O/c1-15(2,11-3-7-13(16)8-4-11)12-5-9-14(17)10-6-12;1-2-5-8-6-3-4-7-9(8)10/h3-10,16-17H,1-2H3;3-4,6-7,10H,2,5H2,1H3. The highest BCUT2D eigenvalue weighted by atomic mass is 16.3. The summed E-state index contributed by atoms with van der Waals surface area (Å²) < 4.78 is 0. The van der Waals surface area contributed by atoms with Crippen LogP contribution in [0.2, 0.25) is 0 Å². The molecule has 27 heavy (non-hydrogen) atoms. The van der Waals surface area contributed by atoms with Gasteiger partial charge in [-0.2, -0.15) is 0 Å². The fourth-order valence-corrected chi connectivity index (χ4v) is 2.91. The van der Waals surface area contributed by atoms with Gasteiger partial charge in [-0.3, -0.25) is 0 Å². The van der Waals surface area contributed by atoms with Crippen LogP contribution in [0, 0.1) is 0 Å². The Morgan fingerprint density at radius 1 is 0.667 bits per heavy atom. The number of phenols is 3. The molecule has 3 aromatic rings. The maximum Gasteiger partial charge on any atom is 0.118 e. The van der Waals surface area contributed by atoms with Crippen molar-refractivity contribution < 1.29 is 15.3 Å². The van der Waals surface area contributed by atoms with E-state index in [9.17, 15) is 15.3 Å². The molecule has 0 saturated carbocycles. The van der Waals surface area contributed by atoms with Crippen molar-refractivity contribution >= 4 is 0 Å². The van der Waals surface area contributed by atoms with Crippen molar-refractivity contribution in [2.45, 2.75) is 39.0 Å². The van der Waals surface area contributed by atoms with E-state index < -0.39 is 0 Å². The summed E-state index contributed by atoms with van der Waals surface area (Å²) in [6, 6.07) is 21.9. The van der Waals surface area contributed by atoms with Crippen molar-refractivity contribution in [3.63, 3.8) is 0 Å². The molecule has 0 aliphatic rings. The van der Waals surface area contributed by atoms with Crippen LogP contribution in [-0.2, 0) is 11.8 Å². The predicted octanol–water partition coefficient (Wildman–Crippen LogP) is 5.77. The zero-order chi connectivity index (χ0) is 19.9. The molecule has 0 aliphatic heterocycles. The highest BCUT2D eigenvalue weighted by Gasteiger charge is 2.22. The van der Waals surface area contributed by atoms with Crippen LogP contribution in [0.3, 0.4) is 0 Å². The summed E-state index contributed by atoms with van der Waals surface area (Å²) in [6.45, 7) is 6.34. The third kappa shape index (κ3) is 5.52. The molecule has 0 heterocycles. The first-order valence-corrected chi connectivity index (χ1v) is 9.20. The van der Waals surface area contributed by atoms with Crippen molar-refractivity contribution in [1.82, 2.24) is 0 Å². The molecule has 0 aliphatic carbocycles. The third-order valence-electron chi connectivity index (χ3n) is 4.69. The zero-order valence-electron chi connectivity index (χ0n) is 16.2. The lowest BCUT2D eigenvalue weighted by atomic mass is 9.78.